The Labute approximate surface area is 230 Å². The Morgan fingerprint density at radius 1 is 1.00 bits per heavy atom. The average Bonchev–Trinajstić information content (AvgIpc) is 3.24. The van der Waals surface area contributed by atoms with Crippen LogP contribution in [0.15, 0.2) is 30.3 Å². The van der Waals surface area contributed by atoms with Crippen molar-refractivity contribution in [1.82, 2.24) is 0 Å². The number of rotatable bonds is 7. The Kier molecular flexibility index (Phi) is 7.86. The van der Waals surface area contributed by atoms with Gasteiger partial charge in [-0.25, -0.2) is 4.79 Å². The summed E-state index contributed by atoms with van der Waals surface area (Å²) in [5.41, 5.74) is 1.11. The molecule has 0 aliphatic heterocycles. The molecule has 6 unspecified atom stereocenters. The fraction of sp³-hybridized carbons (Fsp3) is 0.765. The summed E-state index contributed by atoms with van der Waals surface area (Å²) in [6.07, 6.45) is 9.80. The summed E-state index contributed by atoms with van der Waals surface area (Å²) in [5, 5.41) is 11.5. The Bertz CT molecular complexity index is 1000. The molecule has 0 saturated heterocycles. The highest BCUT2D eigenvalue weighted by atomic mass is 16.5. The number of hydrogen-bond acceptors (Lipinski definition) is 4. The molecule has 4 heteroatoms. The van der Waals surface area contributed by atoms with Crippen LogP contribution in [0, 0.1) is 52.3 Å². The molecule has 210 valence electrons. The molecule has 4 nitrogen and oxygen atoms in total. The van der Waals surface area contributed by atoms with E-state index in [9.17, 15) is 14.7 Å². The quantitative estimate of drug-likeness (QED) is 0.377. The zero-order valence-electron chi connectivity index (χ0n) is 24.3. The number of ketones is 1. The highest BCUT2D eigenvalue weighted by molar-refractivity contribution is 5.89. The normalized spacial score (nSPS) is 40.1. The van der Waals surface area contributed by atoms with Crippen molar-refractivity contribution in [1.29, 1.82) is 0 Å². The lowest BCUT2D eigenvalue weighted by molar-refractivity contribution is -0.169. The minimum atomic E-state index is -0.259. The monoisotopic (exact) mass is 522 g/mol. The molecule has 0 heterocycles. The number of benzene rings is 1. The standard InChI is InChI=1S/C34H50O4/c1-21(2)30(38-32(37)23-9-7-6-8-10-23)14-11-22(3)26-12-13-27-31-28(16-18-34(26,27)5)33(4)17-15-25(35)19-24(33)20-29(31)36/h6-10,21-22,24,26-31,36H,11-20H2,1-5H3/t22-,24?,26?,27?,28?,29-,30?,31?,33+,34-/m1/s1. The van der Waals surface area contributed by atoms with Crippen molar-refractivity contribution in [2.24, 2.45) is 52.3 Å². The van der Waals surface area contributed by atoms with E-state index in [0.717, 1.165) is 32.1 Å². The molecule has 4 aliphatic carbocycles. The second kappa shape index (κ2) is 10.7. The second-order valence-electron chi connectivity index (χ2n) is 14.4. The molecule has 1 aromatic carbocycles. The summed E-state index contributed by atoms with van der Waals surface area (Å²) in [7, 11) is 0. The molecule has 5 rings (SSSR count). The summed E-state index contributed by atoms with van der Waals surface area (Å²) >= 11 is 0. The predicted molar refractivity (Wildman–Crippen MR) is 150 cm³/mol. The van der Waals surface area contributed by atoms with E-state index in [1.165, 1.54) is 25.7 Å². The number of carbonyl (C=O) groups excluding carboxylic acids is 2. The maximum Gasteiger partial charge on any atom is 0.338 e. The van der Waals surface area contributed by atoms with Gasteiger partial charge in [0.15, 0.2) is 0 Å². The lowest BCUT2D eigenvalue weighted by Gasteiger charge is -2.62. The van der Waals surface area contributed by atoms with E-state index < -0.39 is 0 Å². The second-order valence-corrected chi connectivity index (χ2v) is 14.4. The first-order valence-corrected chi connectivity index (χ1v) is 15.5. The van der Waals surface area contributed by atoms with Gasteiger partial charge < -0.3 is 9.84 Å². The molecule has 0 bridgehead atoms. The smallest absolute Gasteiger partial charge is 0.338 e. The lowest BCUT2D eigenvalue weighted by atomic mass is 9.44. The molecule has 0 amide bonds. The van der Waals surface area contributed by atoms with Gasteiger partial charge in [-0.2, -0.15) is 0 Å². The molecule has 0 spiro atoms. The summed E-state index contributed by atoms with van der Waals surface area (Å²) in [6.45, 7) is 11.7. The largest absolute Gasteiger partial charge is 0.459 e. The van der Waals surface area contributed by atoms with Crippen LogP contribution in [-0.4, -0.2) is 29.1 Å². The minimum absolute atomic E-state index is 0.0723. The SMILES string of the molecule is CC(C)C(CC[C@@H](C)C1CCC2C3C(CC[C@@]21C)[C@@]1(C)CCC(=O)CC1C[C@H]3O)OC(=O)c1ccccc1. The van der Waals surface area contributed by atoms with Crippen LogP contribution in [0.3, 0.4) is 0 Å². The number of carbonyl (C=O) groups is 2. The summed E-state index contributed by atoms with van der Waals surface area (Å²) in [4.78, 5) is 25.0. The van der Waals surface area contributed by atoms with Gasteiger partial charge in [-0.3, -0.25) is 4.79 Å². The van der Waals surface area contributed by atoms with Crippen LogP contribution in [0.25, 0.3) is 0 Å². The van der Waals surface area contributed by atoms with Gasteiger partial charge >= 0.3 is 5.97 Å². The van der Waals surface area contributed by atoms with Crippen LogP contribution < -0.4 is 0 Å². The first kappa shape index (κ1) is 27.9. The Balaban J connectivity index is 1.25. The molecule has 4 fully saturated rings. The van der Waals surface area contributed by atoms with Crippen molar-refractivity contribution < 1.29 is 19.4 Å². The molecule has 0 aromatic heterocycles. The fourth-order valence-corrected chi connectivity index (χ4v) is 9.92. The highest BCUT2D eigenvalue weighted by Gasteiger charge is 2.62. The number of ether oxygens (including phenoxy) is 1. The number of aliphatic hydroxyl groups excluding tert-OH is 1. The van der Waals surface area contributed by atoms with E-state index in [1.54, 1.807) is 0 Å². The number of esters is 1. The van der Waals surface area contributed by atoms with Crippen molar-refractivity contribution in [2.75, 3.05) is 0 Å². The molecule has 10 atom stereocenters. The van der Waals surface area contributed by atoms with Crippen molar-refractivity contribution >= 4 is 11.8 Å². The van der Waals surface area contributed by atoms with Crippen LogP contribution in [0.2, 0.25) is 0 Å². The van der Waals surface area contributed by atoms with Gasteiger partial charge in [0.1, 0.15) is 11.9 Å². The molecule has 4 saturated carbocycles. The van der Waals surface area contributed by atoms with E-state index in [-0.39, 0.29) is 34.9 Å². The van der Waals surface area contributed by atoms with Crippen LogP contribution >= 0.6 is 0 Å². The van der Waals surface area contributed by atoms with Crippen LogP contribution in [0.5, 0.6) is 0 Å². The Morgan fingerprint density at radius 2 is 1.71 bits per heavy atom. The van der Waals surface area contributed by atoms with E-state index in [2.05, 4.69) is 34.6 Å². The molecule has 38 heavy (non-hydrogen) atoms. The molecule has 0 radical (unpaired) electrons. The topological polar surface area (TPSA) is 63.6 Å². The van der Waals surface area contributed by atoms with Crippen LogP contribution in [0.4, 0.5) is 0 Å². The fourth-order valence-electron chi connectivity index (χ4n) is 9.92. The minimum Gasteiger partial charge on any atom is -0.459 e. The number of aliphatic hydroxyl groups is 1. The van der Waals surface area contributed by atoms with E-state index >= 15 is 0 Å². The Hall–Kier alpha value is -1.68. The number of Topliss-reactive ketones (excluding diaryl/α,β-unsaturated/α-hetero) is 1. The molecular formula is C34H50O4. The maximum atomic E-state index is 12.7. The molecule has 1 N–H and O–H groups in total. The van der Waals surface area contributed by atoms with Gasteiger partial charge in [-0.1, -0.05) is 52.8 Å². The molecular weight excluding hydrogens is 472 g/mol. The van der Waals surface area contributed by atoms with E-state index in [1.807, 2.05) is 30.3 Å². The van der Waals surface area contributed by atoms with Gasteiger partial charge in [0.2, 0.25) is 0 Å². The lowest BCUT2D eigenvalue weighted by Crippen LogP contribution is -2.58. The van der Waals surface area contributed by atoms with Gasteiger partial charge in [0, 0.05) is 12.8 Å². The average molecular weight is 523 g/mol. The van der Waals surface area contributed by atoms with Crippen molar-refractivity contribution in [2.45, 2.75) is 111 Å². The third kappa shape index (κ3) is 4.88. The van der Waals surface area contributed by atoms with Crippen molar-refractivity contribution in [3.05, 3.63) is 35.9 Å². The number of hydrogen-bond donors (Lipinski definition) is 1. The van der Waals surface area contributed by atoms with E-state index in [0.29, 0.717) is 53.3 Å². The van der Waals surface area contributed by atoms with Crippen molar-refractivity contribution in [3.63, 3.8) is 0 Å². The van der Waals surface area contributed by atoms with Gasteiger partial charge in [0.05, 0.1) is 11.7 Å². The Morgan fingerprint density at radius 3 is 2.42 bits per heavy atom. The van der Waals surface area contributed by atoms with E-state index in [4.69, 9.17) is 4.74 Å². The maximum absolute atomic E-state index is 12.7. The summed E-state index contributed by atoms with van der Waals surface area (Å²) in [6, 6.07) is 9.33. The number of fused-ring (bicyclic) bond motifs is 5. The zero-order chi connectivity index (χ0) is 27.2. The van der Waals surface area contributed by atoms with Gasteiger partial charge in [-0.15, -0.1) is 0 Å². The highest BCUT2D eigenvalue weighted by Crippen LogP contribution is 2.68. The van der Waals surface area contributed by atoms with Crippen LogP contribution in [-0.2, 0) is 9.53 Å². The summed E-state index contributed by atoms with van der Waals surface area (Å²) in [5.74, 6) is 3.57. The molecule has 1 aromatic rings. The molecule has 4 aliphatic rings. The van der Waals surface area contributed by atoms with Crippen LogP contribution in [0.1, 0.15) is 109 Å². The predicted octanol–water partition coefficient (Wildman–Crippen LogP) is 7.48. The third-order valence-corrected chi connectivity index (χ3v) is 12.2. The first-order valence-electron chi connectivity index (χ1n) is 15.5. The van der Waals surface area contributed by atoms with Crippen molar-refractivity contribution in [3.8, 4) is 0 Å². The van der Waals surface area contributed by atoms with Gasteiger partial charge in [0.25, 0.3) is 0 Å². The summed E-state index contributed by atoms with van der Waals surface area (Å²) < 4.78 is 6.00. The van der Waals surface area contributed by atoms with Gasteiger partial charge in [-0.05, 0) is 116 Å². The zero-order valence-corrected chi connectivity index (χ0v) is 24.3. The first-order chi connectivity index (χ1) is 18.0. The third-order valence-electron chi connectivity index (χ3n) is 12.2.